The first-order valence-corrected chi connectivity index (χ1v) is 6.40. The van der Waals surface area contributed by atoms with Crippen LogP contribution in [0.5, 0.6) is 0 Å². The van der Waals surface area contributed by atoms with Crippen molar-refractivity contribution < 1.29 is 19.4 Å². The van der Waals surface area contributed by atoms with E-state index in [1.165, 1.54) is 0 Å². The van der Waals surface area contributed by atoms with E-state index in [-0.39, 0.29) is 17.7 Å². The van der Waals surface area contributed by atoms with Gasteiger partial charge in [0.2, 0.25) is 0 Å². The van der Waals surface area contributed by atoms with Gasteiger partial charge in [0.05, 0.1) is 0 Å². The molecule has 1 amide bonds. The van der Waals surface area contributed by atoms with Crippen LogP contribution in [0.3, 0.4) is 0 Å². The second kappa shape index (κ2) is 5.10. The summed E-state index contributed by atoms with van der Waals surface area (Å²) in [5.74, 6) is -1.25. The van der Waals surface area contributed by atoms with Crippen molar-refractivity contribution in [1.29, 1.82) is 0 Å². The Morgan fingerprint density at radius 2 is 2.10 bits per heavy atom. The molecule has 0 bridgehead atoms. The van der Waals surface area contributed by atoms with Gasteiger partial charge < -0.3 is 14.7 Å². The number of hydrogen-bond donors (Lipinski definition) is 2. The molecule has 0 aliphatic carbocycles. The highest BCUT2D eigenvalue weighted by atomic mass is 16.6. The molecule has 1 aromatic heterocycles. The third-order valence-electron chi connectivity index (χ3n) is 3.00. The van der Waals surface area contributed by atoms with Gasteiger partial charge in [-0.1, -0.05) is 0 Å². The molecular weight excluding hydrogens is 264 g/mol. The van der Waals surface area contributed by atoms with Crippen LogP contribution in [0.15, 0.2) is 0 Å². The van der Waals surface area contributed by atoms with Gasteiger partial charge in [0.25, 0.3) is 0 Å². The van der Waals surface area contributed by atoms with Gasteiger partial charge in [-0.25, -0.2) is 9.59 Å². The zero-order chi connectivity index (χ0) is 14.9. The highest BCUT2D eigenvalue weighted by molar-refractivity contribution is 5.86. The molecule has 1 aliphatic rings. The number of likely N-dealkylation sites (tertiary alicyclic amines) is 1. The lowest BCUT2D eigenvalue weighted by Gasteiger charge is -2.24. The van der Waals surface area contributed by atoms with Crippen LogP contribution in [-0.2, 0) is 4.74 Å². The molecule has 2 heterocycles. The van der Waals surface area contributed by atoms with Crippen LogP contribution in [-0.4, -0.2) is 56.2 Å². The number of aromatic carboxylic acids is 1. The lowest BCUT2D eigenvalue weighted by molar-refractivity contribution is 0.0292. The average Bonchev–Trinajstić information content (AvgIpc) is 2.95. The Hall–Kier alpha value is -2.12. The topological polar surface area (TPSA) is 108 Å². The molecule has 1 aliphatic heterocycles. The van der Waals surface area contributed by atoms with Gasteiger partial charge in [-0.3, -0.25) is 0 Å². The number of H-pyrrole nitrogens is 1. The molecule has 2 rings (SSSR count). The summed E-state index contributed by atoms with van der Waals surface area (Å²) in [5.41, 5.74) is -0.237. The van der Waals surface area contributed by atoms with Crippen molar-refractivity contribution in [2.75, 3.05) is 13.1 Å². The van der Waals surface area contributed by atoms with Gasteiger partial charge in [0.15, 0.2) is 5.69 Å². The van der Waals surface area contributed by atoms with E-state index in [1.54, 1.807) is 25.7 Å². The lowest BCUT2D eigenvalue weighted by atomic mass is 10.0. The summed E-state index contributed by atoms with van der Waals surface area (Å²) in [4.78, 5) is 24.5. The van der Waals surface area contributed by atoms with Crippen LogP contribution in [0, 0.1) is 0 Å². The number of hydrogen-bond acceptors (Lipinski definition) is 5. The number of carbonyl (C=O) groups excluding carboxylic acids is 1. The second-order valence-electron chi connectivity index (χ2n) is 5.77. The summed E-state index contributed by atoms with van der Waals surface area (Å²) in [6, 6.07) is 0. The number of ether oxygens (including phenoxy) is 1. The fourth-order valence-electron chi connectivity index (χ4n) is 2.16. The molecule has 20 heavy (non-hydrogen) atoms. The van der Waals surface area contributed by atoms with Gasteiger partial charge in [0.1, 0.15) is 11.3 Å². The first-order chi connectivity index (χ1) is 9.28. The number of aromatic amines is 1. The van der Waals surface area contributed by atoms with E-state index in [0.717, 1.165) is 0 Å². The minimum absolute atomic E-state index is 0.0824. The number of rotatable bonds is 2. The predicted octanol–water partition coefficient (Wildman–Crippen LogP) is 1.23. The first-order valence-electron chi connectivity index (χ1n) is 6.40. The Balaban J connectivity index is 2.04. The number of nitrogens with zero attached hydrogens (tertiary/aromatic N) is 3. The summed E-state index contributed by atoms with van der Waals surface area (Å²) in [5, 5.41) is 18.8. The molecule has 8 nitrogen and oxygen atoms in total. The molecule has 1 unspecified atom stereocenters. The smallest absolute Gasteiger partial charge is 0.410 e. The van der Waals surface area contributed by atoms with Gasteiger partial charge >= 0.3 is 12.1 Å². The van der Waals surface area contributed by atoms with Crippen molar-refractivity contribution in [2.24, 2.45) is 0 Å². The maximum atomic E-state index is 11.9. The molecule has 2 N–H and O–H groups in total. The Kier molecular flexibility index (Phi) is 3.65. The number of aromatic nitrogens is 3. The molecule has 0 radical (unpaired) electrons. The number of carboxylic acid groups (broad SMARTS) is 1. The summed E-state index contributed by atoms with van der Waals surface area (Å²) in [7, 11) is 0. The summed E-state index contributed by atoms with van der Waals surface area (Å²) in [6.07, 6.45) is 0.256. The first kappa shape index (κ1) is 14.3. The summed E-state index contributed by atoms with van der Waals surface area (Å²) >= 11 is 0. The van der Waals surface area contributed by atoms with Crippen molar-refractivity contribution >= 4 is 12.1 Å². The molecule has 0 spiro atoms. The van der Waals surface area contributed by atoms with E-state index < -0.39 is 11.6 Å². The van der Waals surface area contributed by atoms with Gasteiger partial charge in [-0.15, -0.1) is 5.10 Å². The van der Waals surface area contributed by atoms with Gasteiger partial charge in [-0.2, -0.15) is 10.3 Å². The molecule has 1 atom stereocenters. The molecular formula is C12H18N4O4. The van der Waals surface area contributed by atoms with E-state index in [0.29, 0.717) is 25.2 Å². The number of carbonyl (C=O) groups is 2. The molecule has 0 saturated carbocycles. The van der Waals surface area contributed by atoms with Crippen LogP contribution < -0.4 is 0 Å². The zero-order valence-corrected chi connectivity index (χ0v) is 11.7. The number of carboxylic acids is 1. The van der Waals surface area contributed by atoms with Crippen LogP contribution in [0.2, 0.25) is 0 Å². The Bertz CT molecular complexity index is 520. The van der Waals surface area contributed by atoms with Crippen LogP contribution >= 0.6 is 0 Å². The Labute approximate surface area is 116 Å². The van der Waals surface area contributed by atoms with Crippen molar-refractivity contribution in [2.45, 2.75) is 38.7 Å². The molecule has 0 aromatic carbocycles. The third kappa shape index (κ3) is 3.06. The molecule has 8 heteroatoms. The van der Waals surface area contributed by atoms with E-state index in [2.05, 4.69) is 15.4 Å². The van der Waals surface area contributed by atoms with Crippen LogP contribution in [0.1, 0.15) is 49.3 Å². The summed E-state index contributed by atoms with van der Waals surface area (Å²) < 4.78 is 5.29. The fourth-order valence-corrected chi connectivity index (χ4v) is 2.16. The Morgan fingerprint density at radius 3 is 2.70 bits per heavy atom. The van der Waals surface area contributed by atoms with Crippen molar-refractivity contribution in [3.63, 3.8) is 0 Å². The zero-order valence-electron chi connectivity index (χ0n) is 11.7. The normalized spacial score (nSPS) is 19.1. The molecule has 1 saturated heterocycles. The molecule has 1 fully saturated rings. The average molecular weight is 282 g/mol. The van der Waals surface area contributed by atoms with Crippen molar-refractivity contribution in [3.8, 4) is 0 Å². The van der Waals surface area contributed by atoms with E-state index in [4.69, 9.17) is 9.84 Å². The third-order valence-corrected chi connectivity index (χ3v) is 3.00. The van der Waals surface area contributed by atoms with E-state index in [9.17, 15) is 9.59 Å². The van der Waals surface area contributed by atoms with Crippen LogP contribution in [0.4, 0.5) is 4.79 Å². The Morgan fingerprint density at radius 1 is 1.40 bits per heavy atom. The SMILES string of the molecule is CC(C)(C)OC(=O)N1CCC(c2n[nH]nc2C(=O)O)C1. The minimum Gasteiger partial charge on any atom is -0.476 e. The number of nitrogens with one attached hydrogen (secondary N) is 1. The van der Waals surface area contributed by atoms with Crippen molar-refractivity contribution in [1.82, 2.24) is 20.3 Å². The van der Waals surface area contributed by atoms with E-state index in [1.807, 2.05) is 0 Å². The highest BCUT2D eigenvalue weighted by Crippen LogP contribution is 2.28. The molecule has 1 aromatic rings. The lowest BCUT2D eigenvalue weighted by Crippen LogP contribution is -2.35. The number of amides is 1. The summed E-state index contributed by atoms with van der Waals surface area (Å²) in [6.45, 7) is 6.32. The second-order valence-corrected chi connectivity index (χ2v) is 5.77. The van der Waals surface area contributed by atoms with Gasteiger partial charge in [0, 0.05) is 19.0 Å². The monoisotopic (exact) mass is 282 g/mol. The quantitative estimate of drug-likeness (QED) is 0.844. The maximum Gasteiger partial charge on any atom is 0.410 e. The predicted molar refractivity (Wildman–Crippen MR) is 68.5 cm³/mol. The van der Waals surface area contributed by atoms with Gasteiger partial charge in [-0.05, 0) is 27.2 Å². The van der Waals surface area contributed by atoms with E-state index >= 15 is 0 Å². The standard InChI is InChI=1S/C12H18N4O4/c1-12(2,3)20-11(19)16-5-4-7(6-16)8-9(10(17)18)14-15-13-8/h7H,4-6H2,1-3H3,(H,17,18)(H,13,14,15). The highest BCUT2D eigenvalue weighted by Gasteiger charge is 2.34. The van der Waals surface area contributed by atoms with Crippen LogP contribution in [0.25, 0.3) is 0 Å². The maximum absolute atomic E-state index is 11.9. The van der Waals surface area contributed by atoms with Crippen molar-refractivity contribution in [3.05, 3.63) is 11.4 Å². The fraction of sp³-hybridized carbons (Fsp3) is 0.667. The largest absolute Gasteiger partial charge is 0.476 e. The minimum atomic E-state index is -1.12. The molecule has 110 valence electrons.